The molecule has 0 atom stereocenters. The molecule has 2 aromatic carbocycles. The second-order valence-corrected chi connectivity index (χ2v) is 4.18. The van der Waals surface area contributed by atoms with Crippen LogP contribution in [0.5, 0.6) is 0 Å². The highest BCUT2D eigenvalue weighted by molar-refractivity contribution is 5.74. The number of nitrogens with two attached hydrogens (primary N) is 1. The molecule has 2 N–H and O–H groups in total. The molecule has 0 amide bonds. The topological polar surface area (TPSA) is 49.8 Å². The van der Waals surface area contributed by atoms with Crippen LogP contribution in [0.4, 0.5) is 5.69 Å². The maximum absolute atomic E-state index is 9.10. The Balaban J connectivity index is 2.66. The average Bonchev–Trinajstić information content (AvgIpc) is 2.29. The number of anilines is 1. The number of aryl methyl sites for hydroxylation is 1. The monoisotopic (exact) mass is 222 g/mol. The zero-order chi connectivity index (χ0) is 12.4. The summed E-state index contributed by atoms with van der Waals surface area (Å²) in [6.07, 6.45) is 0. The van der Waals surface area contributed by atoms with E-state index in [0.29, 0.717) is 11.3 Å². The first-order valence-electron chi connectivity index (χ1n) is 5.49. The quantitative estimate of drug-likeness (QED) is 0.751. The van der Waals surface area contributed by atoms with Gasteiger partial charge in [0.2, 0.25) is 0 Å². The summed E-state index contributed by atoms with van der Waals surface area (Å²) in [4.78, 5) is 0. The molecule has 0 unspecified atom stereocenters. The SMILES string of the molecule is Cc1cccc(-c2ccc(N)c(C#N)c2C)c1. The van der Waals surface area contributed by atoms with Crippen LogP contribution in [0.3, 0.4) is 0 Å². The van der Waals surface area contributed by atoms with E-state index in [-0.39, 0.29) is 0 Å². The Labute approximate surface area is 101 Å². The predicted molar refractivity (Wildman–Crippen MR) is 70.5 cm³/mol. The van der Waals surface area contributed by atoms with Crippen LogP contribution in [0.2, 0.25) is 0 Å². The first-order valence-corrected chi connectivity index (χ1v) is 5.49. The van der Waals surface area contributed by atoms with E-state index < -0.39 is 0 Å². The highest BCUT2D eigenvalue weighted by Crippen LogP contribution is 2.29. The molecule has 0 saturated carbocycles. The van der Waals surface area contributed by atoms with Gasteiger partial charge in [0.05, 0.1) is 5.56 Å². The molecule has 0 saturated heterocycles. The van der Waals surface area contributed by atoms with E-state index in [2.05, 4.69) is 25.1 Å². The van der Waals surface area contributed by atoms with Gasteiger partial charge in [0.25, 0.3) is 0 Å². The fraction of sp³-hybridized carbons (Fsp3) is 0.133. The highest BCUT2D eigenvalue weighted by atomic mass is 14.6. The summed E-state index contributed by atoms with van der Waals surface area (Å²) in [7, 11) is 0. The van der Waals surface area contributed by atoms with E-state index in [1.165, 1.54) is 5.56 Å². The fourth-order valence-electron chi connectivity index (χ4n) is 2.01. The molecule has 2 nitrogen and oxygen atoms in total. The Bertz CT molecular complexity index is 607. The van der Waals surface area contributed by atoms with E-state index in [1.807, 2.05) is 25.1 Å². The van der Waals surface area contributed by atoms with Crippen molar-refractivity contribution in [1.29, 1.82) is 5.26 Å². The average molecular weight is 222 g/mol. The summed E-state index contributed by atoms with van der Waals surface area (Å²) in [5.41, 5.74) is 11.2. The van der Waals surface area contributed by atoms with Crippen LogP contribution in [0.25, 0.3) is 11.1 Å². The standard InChI is InChI=1S/C15H14N2/c1-10-4-3-5-12(8-10)13-6-7-15(17)14(9-16)11(13)2/h3-8H,17H2,1-2H3. The van der Waals surface area contributed by atoms with Crippen LogP contribution >= 0.6 is 0 Å². The molecule has 2 heteroatoms. The number of rotatable bonds is 1. The van der Waals surface area contributed by atoms with Gasteiger partial charge in [-0.25, -0.2) is 0 Å². The first kappa shape index (κ1) is 11.2. The third-order valence-corrected chi connectivity index (χ3v) is 2.94. The van der Waals surface area contributed by atoms with Crippen LogP contribution in [-0.2, 0) is 0 Å². The fourth-order valence-corrected chi connectivity index (χ4v) is 2.01. The molecule has 84 valence electrons. The van der Waals surface area contributed by atoms with E-state index in [0.717, 1.165) is 16.7 Å². The molecule has 2 aromatic rings. The minimum atomic E-state index is 0.543. The van der Waals surface area contributed by atoms with Crippen LogP contribution in [0.15, 0.2) is 36.4 Å². The van der Waals surface area contributed by atoms with Crippen LogP contribution in [0.1, 0.15) is 16.7 Å². The number of nitrogen functional groups attached to an aromatic ring is 1. The highest BCUT2D eigenvalue weighted by Gasteiger charge is 2.09. The van der Waals surface area contributed by atoms with Crippen molar-refractivity contribution in [2.24, 2.45) is 0 Å². The van der Waals surface area contributed by atoms with Crippen LogP contribution in [0, 0.1) is 25.2 Å². The summed E-state index contributed by atoms with van der Waals surface area (Å²) >= 11 is 0. The first-order chi connectivity index (χ1) is 8.13. The minimum Gasteiger partial charge on any atom is -0.398 e. The van der Waals surface area contributed by atoms with Crippen molar-refractivity contribution in [3.8, 4) is 17.2 Å². The number of hydrogen-bond acceptors (Lipinski definition) is 2. The molecule has 0 bridgehead atoms. The molecular weight excluding hydrogens is 208 g/mol. The van der Waals surface area contributed by atoms with Crippen molar-refractivity contribution < 1.29 is 0 Å². The van der Waals surface area contributed by atoms with Crippen molar-refractivity contribution in [2.75, 3.05) is 5.73 Å². The van der Waals surface area contributed by atoms with Crippen molar-refractivity contribution in [3.05, 3.63) is 53.1 Å². The molecule has 0 aliphatic carbocycles. The lowest BCUT2D eigenvalue weighted by Crippen LogP contribution is -1.95. The predicted octanol–water partition coefficient (Wildman–Crippen LogP) is 3.42. The second kappa shape index (κ2) is 4.31. The van der Waals surface area contributed by atoms with Gasteiger partial charge in [-0.05, 0) is 36.6 Å². The third-order valence-electron chi connectivity index (χ3n) is 2.94. The lowest BCUT2D eigenvalue weighted by atomic mass is 9.95. The summed E-state index contributed by atoms with van der Waals surface area (Å²) < 4.78 is 0. The number of nitrogens with zero attached hydrogens (tertiary/aromatic N) is 1. The maximum Gasteiger partial charge on any atom is 0.102 e. The molecule has 2 rings (SSSR count). The molecular formula is C15H14N2. The number of benzene rings is 2. The summed E-state index contributed by atoms with van der Waals surface area (Å²) in [6, 6.07) is 14.2. The molecule has 0 aliphatic rings. The van der Waals surface area contributed by atoms with Crippen molar-refractivity contribution in [1.82, 2.24) is 0 Å². The Morgan fingerprint density at radius 2 is 1.88 bits per heavy atom. The number of nitriles is 1. The van der Waals surface area contributed by atoms with Crippen molar-refractivity contribution >= 4 is 5.69 Å². The van der Waals surface area contributed by atoms with Gasteiger partial charge in [-0.3, -0.25) is 0 Å². The summed E-state index contributed by atoms with van der Waals surface area (Å²) in [5, 5.41) is 9.10. The molecule has 0 radical (unpaired) electrons. The number of hydrogen-bond donors (Lipinski definition) is 1. The normalized spacial score (nSPS) is 9.94. The zero-order valence-electron chi connectivity index (χ0n) is 9.99. The Morgan fingerprint density at radius 3 is 2.53 bits per heavy atom. The molecule has 0 aromatic heterocycles. The van der Waals surface area contributed by atoms with E-state index in [4.69, 9.17) is 11.0 Å². The van der Waals surface area contributed by atoms with Gasteiger partial charge in [0.1, 0.15) is 6.07 Å². The van der Waals surface area contributed by atoms with E-state index in [1.54, 1.807) is 6.07 Å². The molecule has 0 spiro atoms. The third kappa shape index (κ3) is 2.00. The lowest BCUT2D eigenvalue weighted by Gasteiger charge is -2.10. The van der Waals surface area contributed by atoms with Gasteiger partial charge in [-0.15, -0.1) is 0 Å². The van der Waals surface area contributed by atoms with Gasteiger partial charge in [-0.2, -0.15) is 5.26 Å². The Kier molecular flexibility index (Phi) is 2.84. The van der Waals surface area contributed by atoms with Gasteiger partial charge in [0.15, 0.2) is 0 Å². The van der Waals surface area contributed by atoms with E-state index in [9.17, 15) is 0 Å². The van der Waals surface area contributed by atoms with Crippen molar-refractivity contribution in [3.63, 3.8) is 0 Å². The van der Waals surface area contributed by atoms with Crippen LogP contribution in [-0.4, -0.2) is 0 Å². The van der Waals surface area contributed by atoms with Gasteiger partial charge < -0.3 is 5.73 Å². The molecule has 0 heterocycles. The van der Waals surface area contributed by atoms with Gasteiger partial charge in [0, 0.05) is 5.69 Å². The Morgan fingerprint density at radius 1 is 1.12 bits per heavy atom. The minimum absolute atomic E-state index is 0.543. The lowest BCUT2D eigenvalue weighted by molar-refractivity contribution is 1.38. The molecule has 0 fully saturated rings. The largest absolute Gasteiger partial charge is 0.398 e. The second-order valence-electron chi connectivity index (χ2n) is 4.18. The van der Waals surface area contributed by atoms with E-state index >= 15 is 0 Å². The zero-order valence-corrected chi connectivity index (χ0v) is 9.99. The smallest absolute Gasteiger partial charge is 0.102 e. The van der Waals surface area contributed by atoms with Gasteiger partial charge in [-0.1, -0.05) is 35.9 Å². The molecule has 17 heavy (non-hydrogen) atoms. The van der Waals surface area contributed by atoms with Gasteiger partial charge >= 0.3 is 0 Å². The maximum atomic E-state index is 9.10. The molecule has 0 aliphatic heterocycles. The summed E-state index contributed by atoms with van der Waals surface area (Å²) in [6.45, 7) is 3.99. The van der Waals surface area contributed by atoms with Crippen LogP contribution < -0.4 is 5.73 Å². The van der Waals surface area contributed by atoms with Crippen molar-refractivity contribution in [2.45, 2.75) is 13.8 Å². The summed E-state index contributed by atoms with van der Waals surface area (Å²) in [5.74, 6) is 0. The Hall–Kier alpha value is -2.27.